The Morgan fingerprint density at radius 3 is 2.86 bits per heavy atom. The predicted octanol–water partition coefficient (Wildman–Crippen LogP) is 0.898. The van der Waals surface area contributed by atoms with E-state index in [2.05, 4.69) is 21.2 Å². The number of aliphatic hydroxyl groups excluding tert-OH is 1. The second-order valence-corrected chi connectivity index (χ2v) is 4.13. The van der Waals surface area contributed by atoms with E-state index in [9.17, 15) is 4.79 Å². The molecule has 0 aliphatic carbocycles. The maximum Gasteiger partial charge on any atom is 0.268 e. The van der Waals surface area contributed by atoms with Crippen LogP contribution in [0.3, 0.4) is 0 Å². The number of aromatic nitrogens is 1. The van der Waals surface area contributed by atoms with E-state index in [0.29, 0.717) is 5.69 Å². The van der Waals surface area contributed by atoms with Gasteiger partial charge < -0.3 is 15.0 Å². The summed E-state index contributed by atoms with van der Waals surface area (Å²) in [5.41, 5.74) is 0.567. The van der Waals surface area contributed by atoms with Crippen LogP contribution in [0, 0.1) is 0 Å². The van der Waals surface area contributed by atoms with Crippen LogP contribution in [-0.2, 0) is 7.05 Å². The minimum absolute atomic E-state index is 0.0582. The number of hydrogen-bond donors (Lipinski definition) is 2. The van der Waals surface area contributed by atoms with Gasteiger partial charge in [0, 0.05) is 23.8 Å². The van der Waals surface area contributed by atoms with Gasteiger partial charge in [-0.2, -0.15) is 0 Å². The maximum absolute atomic E-state index is 11.6. The summed E-state index contributed by atoms with van der Waals surface area (Å²) in [5.74, 6) is -0.181. The molecule has 78 valence electrons. The van der Waals surface area contributed by atoms with Gasteiger partial charge in [0.2, 0.25) is 0 Å². The highest BCUT2D eigenvalue weighted by Gasteiger charge is 2.12. The standard InChI is InChI=1S/C9H13BrN2O2/c1-6(5-13)11-9(14)8-3-7(10)4-12(8)2/h3-4,6,13H,5H2,1-2H3,(H,11,14)/t6-/m0/s1. The number of carbonyl (C=O) groups is 1. The fraction of sp³-hybridized carbons (Fsp3) is 0.444. The van der Waals surface area contributed by atoms with Crippen LogP contribution in [0.25, 0.3) is 0 Å². The molecular weight excluding hydrogens is 248 g/mol. The van der Waals surface area contributed by atoms with E-state index in [-0.39, 0.29) is 18.6 Å². The smallest absolute Gasteiger partial charge is 0.268 e. The van der Waals surface area contributed by atoms with Gasteiger partial charge in [-0.05, 0) is 28.9 Å². The summed E-state index contributed by atoms with van der Waals surface area (Å²) in [6, 6.07) is 1.51. The molecule has 0 aliphatic heterocycles. The third-order valence-electron chi connectivity index (χ3n) is 1.86. The van der Waals surface area contributed by atoms with Crippen LogP contribution in [0.5, 0.6) is 0 Å². The molecule has 0 saturated carbocycles. The van der Waals surface area contributed by atoms with Gasteiger partial charge in [0.25, 0.3) is 5.91 Å². The number of carbonyl (C=O) groups excluding carboxylic acids is 1. The average Bonchev–Trinajstić information content (AvgIpc) is 2.45. The number of halogens is 1. The number of amides is 1. The summed E-state index contributed by atoms with van der Waals surface area (Å²) in [4.78, 5) is 11.6. The Bertz CT molecular complexity index is 336. The summed E-state index contributed by atoms with van der Waals surface area (Å²) in [6.07, 6.45) is 1.80. The van der Waals surface area contributed by atoms with Crippen LogP contribution in [0.1, 0.15) is 17.4 Å². The zero-order chi connectivity index (χ0) is 10.7. The lowest BCUT2D eigenvalue weighted by molar-refractivity contribution is 0.0914. The van der Waals surface area contributed by atoms with Crippen molar-refractivity contribution in [3.63, 3.8) is 0 Å². The van der Waals surface area contributed by atoms with Crippen LogP contribution < -0.4 is 5.32 Å². The summed E-state index contributed by atoms with van der Waals surface area (Å²) < 4.78 is 2.59. The van der Waals surface area contributed by atoms with Gasteiger partial charge in [-0.15, -0.1) is 0 Å². The normalized spacial score (nSPS) is 12.6. The third-order valence-corrected chi connectivity index (χ3v) is 2.29. The molecule has 0 bridgehead atoms. The molecule has 5 heteroatoms. The second-order valence-electron chi connectivity index (χ2n) is 3.21. The van der Waals surface area contributed by atoms with Gasteiger partial charge in [-0.1, -0.05) is 0 Å². The molecule has 1 rings (SSSR count). The highest BCUT2D eigenvalue weighted by atomic mass is 79.9. The van der Waals surface area contributed by atoms with E-state index in [1.54, 1.807) is 30.8 Å². The first-order valence-corrected chi connectivity index (χ1v) is 5.07. The second kappa shape index (κ2) is 4.61. The van der Waals surface area contributed by atoms with Crippen molar-refractivity contribution in [2.45, 2.75) is 13.0 Å². The first-order valence-electron chi connectivity index (χ1n) is 4.28. The molecule has 0 fully saturated rings. The average molecular weight is 261 g/mol. The number of nitrogens with zero attached hydrogens (tertiary/aromatic N) is 1. The Morgan fingerprint density at radius 2 is 2.43 bits per heavy atom. The molecular formula is C9H13BrN2O2. The number of aryl methyl sites for hydroxylation is 1. The molecule has 1 amide bonds. The van der Waals surface area contributed by atoms with Crippen molar-refractivity contribution in [1.29, 1.82) is 0 Å². The van der Waals surface area contributed by atoms with Gasteiger partial charge >= 0.3 is 0 Å². The fourth-order valence-corrected chi connectivity index (χ4v) is 1.62. The Hall–Kier alpha value is -0.810. The van der Waals surface area contributed by atoms with Gasteiger partial charge in [0.1, 0.15) is 5.69 Å². The first kappa shape index (κ1) is 11.3. The lowest BCUT2D eigenvalue weighted by atomic mass is 10.3. The Balaban J connectivity index is 2.74. The van der Waals surface area contributed by atoms with Crippen molar-refractivity contribution in [1.82, 2.24) is 9.88 Å². The topological polar surface area (TPSA) is 54.3 Å². The van der Waals surface area contributed by atoms with Gasteiger partial charge in [0.05, 0.1) is 6.61 Å². The summed E-state index contributed by atoms with van der Waals surface area (Å²) in [5, 5.41) is 11.4. The molecule has 0 unspecified atom stereocenters. The molecule has 0 spiro atoms. The number of rotatable bonds is 3. The van der Waals surface area contributed by atoms with Crippen LogP contribution in [0.2, 0.25) is 0 Å². The van der Waals surface area contributed by atoms with Crippen LogP contribution in [-0.4, -0.2) is 28.2 Å². The van der Waals surface area contributed by atoms with Crippen LogP contribution in [0.4, 0.5) is 0 Å². The fourth-order valence-electron chi connectivity index (χ4n) is 1.09. The zero-order valence-electron chi connectivity index (χ0n) is 8.12. The third kappa shape index (κ3) is 2.59. The van der Waals surface area contributed by atoms with E-state index >= 15 is 0 Å². The molecule has 14 heavy (non-hydrogen) atoms. The molecule has 1 aromatic heterocycles. The zero-order valence-corrected chi connectivity index (χ0v) is 9.71. The minimum Gasteiger partial charge on any atom is -0.394 e. The SMILES string of the molecule is C[C@@H](CO)NC(=O)c1cc(Br)cn1C. The predicted molar refractivity (Wildman–Crippen MR) is 57.1 cm³/mol. The van der Waals surface area contributed by atoms with Crippen molar-refractivity contribution >= 4 is 21.8 Å². The van der Waals surface area contributed by atoms with Crippen molar-refractivity contribution in [2.24, 2.45) is 7.05 Å². The van der Waals surface area contributed by atoms with Crippen LogP contribution in [0.15, 0.2) is 16.7 Å². The van der Waals surface area contributed by atoms with Crippen molar-refractivity contribution in [3.8, 4) is 0 Å². The lowest BCUT2D eigenvalue weighted by Gasteiger charge is -2.10. The monoisotopic (exact) mass is 260 g/mol. The van der Waals surface area contributed by atoms with E-state index in [1.165, 1.54) is 0 Å². The molecule has 0 aliphatic rings. The molecule has 1 heterocycles. The van der Waals surface area contributed by atoms with Crippen molar-refractivity contribution in [3.05, 3.63) is 22.4 Å². The van der Waals surface area contributed by atoms with E-state index < -0.39 is 0 Å². The Labute approximate surface area is 91.0 Å². The molecule has 2 N–H and O–H groups in total. The quantitative estimate of drug-likeness (QED) is 0.849. The van der Waals surface area contributed by atoms with Gasteiger partial charge in [-0.25, -0.2) is 0 Å². The highest BCUT2D eigenvalue weighted by Crippen LogP contribution is 2.13. The lowest BCUT2D eigenvalue weighted by Crippen LogP contribution is -2.35. The molecule has 0 radical (unpaired) electrons. The van der Waals surface area contributed by atoms with E-state index in [1.807, 2.05) is 0 Å². The molecule has 0 saturated heterocycles. The minimum atomic E-state index is -0.226. The van der Waals surface area contributed by atoms with Gasteiger partial charge in [-0.3, -0.25) is 4.79 Å². The van der Waals surface area contributed by atoms with Crippen molar-refractivity contribution < 1.29 is 9.90 Å². The highest BCUT2D eigenvalue weighted by molar-refractivity contribution is 9.10. The molecule has 4 nitrogen and oxygen atoms in total. The largest absolute Gasteiger partial charge is 0.394 e. The Morgan fingerprint density at radius 1 is 1.79 bits per heavy atom. The summed E-state index contributed by atoms with van der Waals surface area (Å²) >= 11 is 3.28. The maximum atomic E-state index is 11.6. The van der Waals surface area contributed by atoms with E-state index in [0.717, 1.165) is 4.47 Å². The Kier molecular flexibility index (Phi) is 3.71. The molecule has 0 aromatic carbocycles. The number of hydrogen-bond acceptors (Lipinski definition) is 2. The van der Waals surface area contributed by atoms with Crippen LogP contribution >= 0.6 is 15.9 Å². The van der Waals surface area contributed by atoms with Gasteiger partial charge in [0.15, 0.2) is 0 Å². The van der Waals surface area contributed by atoms with Crippen molar-refractivity contribution in [2.75, 3.05) is 6.61 Å². The summed E-state index contributed by atoms with van der Waals surface area (Å²) in [6.45, 7) is 1.69. The first-order chi connectivity index (χ1) is 6.54. The summed E-state index contributed by atoms with van der Waals surface area (Å²) in [7, 11) is 1.79. The number of nitrogens with one attached hydrogen (secondary N) is 1. The molecule has 1 atom stereocenters. The number of aliphatic hydroxyl groups is 1. The molecule has 1 aromatic rings. The van der Waals surface area contributed by atoms with E-state index in [4.69, 9.17) is 5.11 Å².